The molecule has 6 nitrogen and oxygen atoms in total. The zero-order valence-electron chi connectivity index (χ0n) is 14.6. The molecule has 136 valence electrons. The Balaban J connectivity index is 1.56. The molecule has 0 radical (unpaired) electrons. The van der Waals surface area contributed by atoms with Gasteiger partial charge in [0, 0.05) is 18.3 Å². The van der Waals surface area contributed by atoms with Crippen LogP contribution in [0, 0.1) is 0 Å². The predicted octanol–water partition coefficient (Wildman–Crippen LogP) is 2.72. The topological polar surface area (TPSA) is 79.6 Å². The van der Waals surface area contributed by atoms with Gasteiger partial charge in [0.1, 0.15) is 11.6 Å². The van der Waals surface area contributed by atoms with Crippen LogP contribution < -0.4 is 15.6 Å². The first-order valence-electron chi connectivity index (χ1n) is 8.84. The first-order chi connectivity index (χ1) is 13.1. The molecule has 6 heteroatoms. The van der Waals surface area contributed by atoms with Crippen LogP contribution in [0.2, 0.25) is 0 Å². The number of nitrogens with zero attached hydrogens (tertiary/aromatic N) is 1. The summed E-state index contributed by atoms with van der Waals surface area (Å²) in [4.78, 5) is 39.2. The fourth-order valence-corrected chi connectivity index (χ4v) is 3.32. The smallest absolute Gasteiger partial charge is 0.287 e. The molecule has 0 aliphatic carbocycles. The number of carbonyl (C=O) groups is 2. The summed E-state index contributed by atoms with van der Waals surface area (Å²) in [5.74, 6) is -0.821. The molecule has 0 bridgehead atoms. The third-order valence-electron chi connectivity index (χ3n) is 4.67. The van der Waals surface area contributed by atoms with Gasteiger partial charge in [-0.2, -0.15) is 0 Å². The summed E-state index contributed by atoms with van der Waals surface area (Å²) in [6.45, 7) is 0.611. The number of rotatable bonds is 3. The van der Waals surface area contributed by atoms with Crippen molar-refractivity contribution in [2.75, 3.05) is 11.4 Å². The second-order valence-corrected chi connectivity index (χ2v) is 6.46. The van der Waals surface area contributed by atoms with Gasteiger partial charge in [-0.1, -0.05) is 30.3 Å². The maximum absolute atomic E-state index is 12.8. The van der Waals surface area contributed by atoms with Gasteiger partial charge in [0.2, 0.25) is 5.91 Å². The number of anilines is 1. The summed E-state index contributed by atoms with van der Waals surface area (Å²) in [6.07, 6.45) is 1.32. The van der Waals surface area contributed by atoms with E-state index in [1.807, 2.05) is 30.3 Å². The van der Waals surface area contributed by atoms with Crippen molar-refractivity contribution < 1.29 is 14.0 Å². The quantitative estimate of drug-likeness (QED) is 0.777. The minimum Gasteiger partial charge on any atom is -0.451 e. The zero-order chi connectivity index (χ0) is 18.8. The van der Waals surface area contributed by atoms with Crippen LogP contribution in [0.15, 0.2) is 69.9 Å². The highest BCUT2D eigenvalue weighted by Gasteiger charge is 2.31. The molecule has 1 aromatic heterocycles. The summed E-state index contributed by atoms with van der Waals surface area (Å²) < 4.78 is 5.56. The lowest BCUT2D eigenvalue weighted by Crippen LogP contribution is -2.52. The van der Waals surface area contributed by atoms with Crippen LogP contribution >= 0.6 is 0 Å². The van der Waals surface area contributed by atoms with Crippen molar-refractivity contribution in [1.82, 2.24) is 5.32 Å². The summed E-state index contributed by atoms with van der Waals surface area (Å²) in [5, 5.41) is 3.13. The van der Waals surface area contributed by atoms with E-state index in [0.717, 1.165) is 12.1 Å². The van der Waals surface area contributed by atoms with Gasteiger partial charge < -0.3 is 14.6 Å². The Morgan fingerprint density at radius 2 is 1.78 bits per heavy atom. The third kappa shape index (κ3) is 3.33. The van der Waals surface area contributed by atoms with Gasteiger partial charge in [-0.05, 0) is 37.1 Å². The number of nitrogens with one attached hydrogen (secondary N) is 1. The molecule has 2 amide bonds. The van der Waals surface area contributed by atoms with Crippen LogP contribution in [-0.4, -0.2) is 24.4 Å². The van der Waals surface area contributed by atoms with Crippen LogP contribution in [0.3, 0.4) is 0 Å². The monoisotopic (exact) mass is 362 g/mol. The number of hydrogen-bond donors (Lipinski definition) is 1. The van der Waals surface area contributed by atoms with E-state index >= 15 is 0 Å². The van der Waals surface area contributed by atoms with Crippen molar-refractivity contribution >= 4 is 28.5 Å². The van der Waals surface area contributed by atoms with Crippen molar-refractivity contribution in [3.63, 3.8) is 0 Å². The largest absolute Gasteiger partial charge is 0.451 e. The molecule has 1 aliphatic rings. The maximum atomic E-state index is 12.8. The molecule has 1 aliphatic heterocycles. The van der Waals surface area contributed by atoms with Crippen molar-refractivity contribution in [2.24, 2.45) is 0 Å². The minimum atomic E-state index is -0.650. The van der Waals surface area contributed by atoms with Gasteiger partial charge in [-0.3, -0.25) is 14.4 Å². The summed E-state index contributed by atoms with van der Waals surface area (Å²) in [5.41, 5.74) is 0.859. The number of benzene rings is 2. The predicted molar refractivity (Wildman–Crippen MR) is 102 cm³/mol. The van der Waals surface area contributed by atoms with Gasteiger partial charge in [-0.25, -0.2) is 0 Å². The van der Waals surface area contributed by atoms with Crippen molar-refractivity contribution in [3.05, 3.63) is 76.6 Å². The molecule has 1 atom stereocenters. The summed E-state index contributed by atoms with van der Waals surface area (Å²) in [7, 11) is 0. The Bertz CT molecular complexity index is 1060. The second-order valence-electron chi connectivity index (χ2n) is 6.46. The SMILES string of the molecule is O=C(NC1CCCN(c2ccccc2)C1=O)c1cc(=O)c2ccccc2o1. The lowest BCUT2D eigenvalue weighted by atomic mass is 10.0. The standard InChI is InChI=1S/C21H18N2O4/c24-17-13-19(27-18-11-5-4-9-15(17)18)20(25)22-16-10-6-12-23(21(16)26)14-7-2-1-3-8-14/h1-5,7-9,11,13,16H,6,10,12H2,(H,22,25). The van der Waals surface area contributed by atoms with Crippen LogP contribution in [0.25, 0.3) is 11.0 Å². The van der Waals surface area contributed by atoms with Gasteiger partial charge in [0.25, 0.3) is 5.91 Å². The molecular weight excluding hydrogens is 344 g/mol. The molecule has 2 aromatic carbocycles. The van der Waals surface area contributed by atoms with Crippen molar-refractivity contribution in [2.45, 2.75) is 18.9 Å². The Hall–Kier alpha value is -3.41. The molecule has 0 saturated carbocycles. The molecule has 1 N–H and O–H groups in total. The number of hydrogen-bond acceptors (Lipinski definition) is 4. The fourth-order valence-electron chi connectivity index (χ4n) is 3.32. The second kappa shape index (κ2) is 7.07. The number of piperidine rings is 1. The van der Waals surface area contributed by atoms with E-state index < -0.39 is 11.9 Å². The minimum absolute atomic E-state index is 0.0941. The van der Waals surface area contributed by atoms with Crippen molar-refractivity contribution in [3.8, 4) is 0 Å². The van der Waals surface area contributed by atoms with E-state index in [4.69, 9.17) is 4.42 Å². The van der Waals surface area contributed by atoms with Crippen LogP contribution in [0.5, 0.6) is 0 Å². The van der Waals surface area contributed by atoms with Gasteiger partial charge in [0.05, 0.1) is 5.39 Å². The Morgan fingerprint density at radius 1 is 1.04 bits per heavy atom. The normalized spacial score (nSPS) is 17.1. The molecule has 1 fully saturated rings. The van der Waals surface area contributed by atoms with Crippen LogP contribution in [0.1, 0.15) is 23.4 Å². The average molecular weight is 362 g/mol. The molecule has 3 aromatic rings. The van der Waals surface area contributed by atoms with Gasteiger partial charge in [-0.15, -0.1) is 0 Å². The van der Waals surface area contributed by atoms with E-state index in [-0.39, 0.29) is 17.1 Å². The third-order valence-corrected chi connectivity index (χ3v) is 4.67. The van der Waals surface area contributed by atoms with E-state index in [2.05, 4.69) is 5.32 Å². The molecular formula is C21H18N2O4. The molecule has 0 spiro atoms. The highest BCUT2D eigenvalue weighted by atomic mass is 16.3. The lowest BCUT2D eigenvalue weighted by Gasteiger charge is -2.32. The summed E-state index contributed by atoms with van der Waals surface area (Å²) >= 11 is 0. The lowest BCUT2D eigenvalue weighted by molar-refractivity contribution is -0.121. The average Bonchev–Trinajstić information content (AvgIpc) is 2.70. The molecule has 2 heterocycles. The number of fused-ring (bicyclic) bond motifs is 1. The molecule has 4 rings (SSSR count). The number of carbonyl (C=O) groups excluding carboxylic acids is 2. The van der Waals surface area contributed by atoms with Gasteiger partial charge >= 0.3 is 0 Å². The summed E-state index contributed by atoms with van der Waals surface area (Å²) in [6, 6.07) is 16.6. The number of amides is 2. The van der Waals surface area contributed by atoms with E-state index in [1.165, 1.54) is 6.07 Å². The van der Waals surface area contributed by atoms with E-state index in [1.54, 1.807) is 29.2 Å². The highest BCUT2D eigenvalue weighted by molar-refractivity contribution is 6.02. The van der Waals surface area contributed by atoms with Gasteiger partial charge in [0.15, 0.2) is 11.2 Å². The zero-order valence-corrected chi connectivity index (χ0v) is 14.6. The highest BCUT2D eigenvalue weighted by Crippen LogP contribution is 2.21. The Kier molecular flexibility index (Phi) is 4.46. The molecule has 27 heavy (non-hydrogen) atoms. The maximum Gasteiger partial charge on any atom is 0.287 e. The first kappa shape index (κ1) is 17.0. The van der Waals surface area contributed by atoms with E-state index in [9.17, 15) is 14.4 Å². The van der Waals surface area contributed by atoms with Crippen LogP contribution in [-0.2, 0) is 4.79 Å². The van der Waals surface area contributed by atoms with Crippen LogP contribution in [0.4, 0.5) is 5.69 Å². The fraction of sp³-hybridized carbons (Fsp3) is 0.190. The van der Waals surface area contributed by atoms with Crippen molar-refractivity contribution in [1.29, 1.82) is 0 Å². The van der Waals surface area contributed by atoms with E-state index in [0.29, 0.717) is 23.9 Å². The Morgan fingerprint density at radius 3 is 2.59 bits per heavy atom. The molecule has 1 unspecified atom stereocenters. The molecule has 1 saturated heterocycles. The number of para-hydroxylation sites is 2. The Labute approximate surface area is 155 Å². The first-order valence-corrected chi connectivity index (χ1v) is 8.84.